The maximum atomic E-state index is 6.19. The molecule has 4 nitrogen and oxygen atoms in total. The van der Waals surface area contributed by atoms with E-state index in [2.05, 4.69) is 28.5 Å². The Morgan fingerprint density at radius 2 is 2.22 bits per heavy atom. The highest BCUT2D eigenvalue weighted by Crippen LogP contribution is 2.13. The van der Waals surface area contributed by atoms with Gasteiger partial charge in [-0.25, -0.2) is 4.98 Å². The Hall–Kier alpha value is -1.20. The van der Waals surface area contributed by atoms with Crippen molar-refractivity contribution in [3.8, 4) is 0 Å². The third kappa shape index (κ3) is 3.17. The molecule has 0 aliphatic heterocycles. The number of thiazole rings is 1. The highest BCUT2D eigenvalue weighted by molar-refractivity contribution is 7.09. The van der Waals surface area contributed by atoms with Gasteiger partial charge in [-0.3, -0.25) is 4.68 Å². The van der Waals surface area contributed by atoms with Crippen molar-refractivity contribution < 1.29 is 0 Å². The molecule has 0 saturated heterocycles. The van der Waals surface area contributed by atoms with Crippen LogP contribution in [0.5, 0.6) is 0 Å². The van der Waals surface area contributed by atoms with E-state index in [4.69, 9.17) is 5.73 Å². The summed E-state index contributed by atoms with van der Waals surface area (Å²) < 4.78 is 1.94. The summed E-state index contributed by atoms with van der Waals surface area (Å²) >= 11 is 1.69. The van der Waals surface area contributed by atoms with Gasteiger partial charge in [0.1, 0.15) is 0 Å². The summed E-state index contributed by atoms with van der Waals surface area (Å²) in [7, 11) is 1.98. The number of rotatable bonds is 5. The lowest BCUT2D eigenvalue weighted by molar-refractivity contribution is 0.610. The predicted octanol–water partition coefficient (Wildman–Crippen LogP) is 1.86. The van der Waals surface area contributed by atoms with E-state index < -0.39 is 0 Å². The summed E-state index contributed by atoms with van der Waals surface area (Å²) in [6.07, 6.45) is 2.65. The van der Waals surface area contributed by atoms with E-state index in [0.717, 1.165) is 35.7 Å². The summed E-state index contributed by atoms with van der Waals surface area (Å²) in [5.41, 5.74) is 9.60. The Labute approximate surface area is 112 Å². The molecule has 2 aromatic heterocycles. The number of nitrogens with zero attached hydrogens (tertiary/aromatic N) is 3. The van der Waals surface area contributed by atoms with Crippen LogP contribution in [0.1, 0.15) is 29.0 Å². The Kier molecular flexibility index (Phi) is 4.14. The van der Waals surface area contributed by atoms with E-state index in [1.165, 1.54) is 5.69 Å². The van der Waals surface area contributed by atoms with Crippen LogP contribution in [0.4, 0.5) is 0 Å². The van der Waals surface area contributed by atoms with Crippen molar-refractivity contribution in [2.75, 3.05) is 0 Å². The number of aromatic nitrogens is 3. The minimum atomic E-state index is 0.107. The van der Waals surface area contributed by atoms with Gasteiger partial charge >= 0.3 is 0 Å². The minimum Gasteiger partial charge on any atom is -0.327 e. The Morgan fingerprint density at radius 1 is 1.44 bits per heavy atom. The molecule has 98 valence electrons. The SMILES string of the molecule is CCc1cc(CC(N)Cc2nc(C)cs2)n(C)n1. The van der Waals surface area contributed by atoms with Crippen LogP contribution >= 0.6 is 11.3 Å². The summed E-state index contributed by atoms with van der Waals surface area (Å²) in [4.78, 5) is 4.45. The molecule has 0 radical (unpaired) electrons. The number of hydrogen-bond acceptors (Lipinski definition) is 4. The first-order valence-electron chi connectivity index (χ1n) is 6.27. The quantitative estimate of drug-likeness (QED) is 0.897. The van der Waals surface area contributed by atoms with Crippen LogP contribution in [-0.2, 0) is 26.3 Å². The molecule has 2 rings (SSSR count). The van der Waals surface area contributed by atoms with Gasteiger partial charge < -0.3 is 5.73 Å². The summed E-state index contributed by atoms with van der Waals surface area (Å²) in [5.74, 6) is 0. The average molecular weight is 264 g/mol. The first-order chi connectivity index (χ1) is 8.58. The van der Waals surface area contributed by atoms with Gasteiger partial charge in [0.05, 0.1) is 10.7 Å². The Morgan fingerprint density at radius 3 is 2.78 bits per heavy atom. The molecule has 1 atom stereocenters. The topological polar surface area (TPSA) is 56.7 Å². The van der Waals surface area contributed by atoms with E-state index in [1.54, 1.807) is 11.3 Å². The van der Waals surface area contributed by atoms with Crippen LogP contribution in [-0.4, -0.2) is 20.8 Å². The summed E-state index contributed by atoms with van der Waals surface area (Å²) in [6, 6.07) is 2.25. The molecule has 0 aliphatic carbocycles. The lowest BCUT2D eigenvalue weighted by atomic mass is 10.1. The van der Waals surface area contributed by atoms with Gasteiger partial charge in [-0.05, 0) is 19.4 Å². The van der Waals surface area contributed by atoms with Gasteiger partial charge in [0.25, 0.3) is 0 Å². The average Bonchev–Trinajstić information content (AvgIpc) is 2.86. The van der Waals surface area contributed by atoms with Crippen molar-refractivity contribution in [1.29, 1.82) is 0 Å². The lowest BCUT2D eigenvalue weighted by Crippen LogP contribution is -2.26. The predicted molar refractivity (Wildman–Crippen MR) is 74.8 cm³/mol. The molecule has 0 saturated carbocycles. The first-order valence-corrected chi connectivity index (χ1v) is 7.14. The largest absolute Gasteiger partial charge is 0.327 e. The fourth-order valence-corrected chi connectivity index (χ4v) is 2.86. The van der Waals surface area contributed by atoms with Crippen LogP contribution in [0.3, 0.4) is 0 Å². The molecule has 5 heteroatoms. The van der Waals surface area contributed by atoms with Crippen LogP contribution in [0.25, 0.3) is 0 Å². The zero-order valence-corrected chi connectivity index (χ0v) is 12.0. The normalized spacial score (nSPS) is 12.9. The van der Waals surface area contributed by atoms with Gasteiger partial charge in [0.15, 0.2) is 0 Å². The van der Waals surface area contributed by atoms with Crippen molar-refractivity contribution in [2.45, 2.75) is 39.2 Å². The molecule has 0 spiro atoms. The van der Waals surface area contributed by atoms with Gasteiger partial charge in [0, 0.05) is 42.7 Å². The molecule has 0 aliphatic rings. The molecule has 0 fully saturated rings. The standard InChI is InChI=1S/C13H20N4S/c1-4-11-7-12(17(3)16-11)5-10(14)6-13-15-9(2)8-18-13/h7-8,10H,4-6,14H2,1-3H3. The molecule has 2 heterocycles. The Bertz CT molecular complexity index is 515. The van der Waals surface area contributed by atoms with Gasteiger partial charge in [0.2, 0.25) is 0 Å². The van der Waals surface area contributed by atoms with Crippen molar-refractivity contribution in [3.63, 3.8) is 0 Å². The minimum absolute atomic E-state index is 0.107. The van der Waals surface area contributed by atoms with Crippen LogP contribution in [0, 0.1) is 6.92 Å². The molecular formula is C13H20N4S. The fraction of sp³-hybridized carbons (Fsp3) is 0.538. The fourth-order valence-electron chi connectivity index (χ4n) is 2.00. The lowest BCUT2D eigenvalue weighted by Gasteiger charge is -2.09. The van der Waals surface area contributed by atoms with Crippen molar-refractivity contribution in [3.05, 3.63) is 33.5 Å². The van der Waals surface area contributed by atoms with E-state index >= 15 is 0 Å². The molecular weight excluding hydrogens is 244 g/mol. The molecule has 18 heavy (non-hydrogen) atoms. The highest BCUT2D eigenvalue weighted by atomic mass is 32.1. The van der Waals surface area contributed by atoms with Crippen molar-refractivity contribution in [2.24, 2.45) is 12.8 Å². The maximum Gasteiger partial charge on any atom is 0.0943 e. The van der Waals surface area contributed by atoms with Crippen LogP contribution in [0.2, 0.25) is 0 Å². The maximum absolute atomic E-state index is 6.19. The molecule has 2 aromatic rings. The van der Waals surface area contributed by atoms with Crippen molar-refractivity contribution in [1.82, 2.24) is 14.8 Å². The van der Waals surface area contributed by atoms with Gasteiger partial charge in [-0.2, -0.15) is 5.10 Å². The number of nitrogens with two attached hydrogens (primary N) is 1. The van der Waals surface area contributed by atoms with Gasteiger partial charge in [-0.1, -0.05) is 6.92 Å². The zero-order valence-electron chi connectivity index (χ0n) is 11.2. The van der Waals surface area contributed by atoms with E-state index in [1.807, 2.05) is 18.7 Å². The molecule has 0 amide bonds. The third-order valence-corrected chi connectivity index (χ3v) is 3.95. The number of aryl methyl sites for hydroxylation is 3. The zero-order chi connectivity index (χ0) is 13.1. The van der Waals surface area contributed by atoms with Crippen LogP contribution in [0.15, 0.2) is 11.4 Å². The second-order valence-corrected chi connectivity index (χ2v) is 5.60. The monoisotopic (exact) mass is 264 g/mol. The molecule has 0 aromatic carbocycles. The molecule has 2 N–H and O–H groups in total. The highest BCUT2D eigenvalue weighted by Gasteiger charge is 2.11. The first kappa shape index (κ1) is 13.2. The second kappa shape index (κ2) is 5.63. The van der Waals surface area contributed by atoms with E-state index in [9.17, 15) is 0 Å². The van der Waals surface area contributed by atoms with Crippen LogP contribution < -0.4 is 5.73 Å². The van der Waals surface area contributed by atoms with E-state index in [-0.39, 0.29) is 6.04 Å². The van der Waals surface area contributed by atoms with Gasteiger partial charge in [-0.15, -0.1) is 11.3 Å². The number of hydrogen-bond donors (Lipinski definition) is 1. The smallest absolute Gasteiger partial charge is 0.0943 e. The third-order valence-electron chi connectivity index (χ3n) is 2.96. The summed E-state index contributed by atoms with van der Waals surface area (Å²) in [6.45, 7) is 4.13. The van der Waals surface area contributed by atoms with E-state index in [0.29, 0.717) is 0 Å². The Balaban J connectivity index is 1.98. The summed E-state index contributed by atoms with van der Waals surface area (Å²) in [5, 5.41) is 7.64. The second-order valence-electron chi connectivity index (χ2n) is 4.66. The van der Waals surface area contributed by atoms with Crippen molar-refractivity contribution >= 4 is 11.3 Å². The molecule has 1 unspecified atom stereocenters. The molecule has 0 bridgehead atoms.